The molecule has 0 radical (unpaired) electrons. The van der Waals surface area contributed by atoms with Crippen LogP contribution in [0.3, 0.4) is 0 Å². The fourth-order valence-corrected chi connectivity index (χ4v) is 3.62. The monoisotopic (exact) mass is 382 g/mol. The third kappa shape index (κ3) is 3.91. The van der Waals surface area contributed by atoms with Crippen LogP contribution in [0.25, 0.3) is 11.0 Å². The van der Waals surface area contributed by atoms with Crippen LogP contribution in [0.15, 0.2) is 47.0 Å². The number of amides is 2. The fraction of sp³-hybridized carbons (Fsp3) is 0.350. The summed E-state index contributed by atoms with van der Waals surface area (Å²) in [5.74, 6) is -0.0348. The smallest absolute Gasteiger partial charge is 0.269 e. The van der Waals surface area contributed by atoms with E-state index in [2.05, 4.69) is 20.8 Å². The van der Waals surface area contributed by atoms with Crippen molar-refractivity contribution < 1.29 is 19.1 Å². The third-order valence-corrected chi connectivity index (χ3v) is 5.16. The van der Waals surface area contributed by atoms with E-state index in [1.54, 1.807) is 6.07 Å². The number of aromatic amines is 1. The van der Waals surface area contributed by atoms with E-state index in [4.69, 9.17) is 4.42 Å². The van der Waals surface area contributed by atoms with E-state index in [-0.39, 0.29) is 17.7 Å². The number of nitrogens with zero attached hydrogens (tertiary/aromatic N) is 1. The Labute approximate surface area is 161 Å². The molecule has 0 aliphatic heterocycles. The van der Waals surface area contributed by atoms with Crippen molar-refractivity contribution in [2.45, 2.75) is 38.0 Å². The number of benzene rings is 1. The summed E-state index contributed by atoms with van der Waals surface area (Å²) in [6, 6.07) is 10.7. The minimum absolute atomic E-state index is 0.104. The molecule has 3 atom stereocenters. The van der Waals surface area contributed by atoms with Gasteiger partial charge >= 0.3 is 0 Å². The van der Waals surface area contributed by atoms with Gasteiger partial charge in [0.15, 0.2) is 0 Å². The van der Waals surface area contributed by atoms with Crippen molar-refractivity contribution in [3.63, 3.8) is 0 Å². The maximum Gasteiger partial charge on any atom is 0.269 e. The molecule has 1 fully saturated rings. The number of nitrogens with one attached hydrogen (secondary N) is 3. The molecule has 0 unspecified atom stereocenters. The first-order valence-electron chi connectivity index (χ1n) is 9.33. The Morgan fingerprint density at radius 1 is 1.25 bits per heavy atom. The molecule has 0 saturated heterocycles. The van der Waals surface area contributed by atoms with Crippen molar-refractivity contribution in [1.29, 1.82) is 0 Å². The van der Waals surface area contributed by atoms with Gasteiger partial charge in [0.2, 0.25) is 5.91 Å². The fourth-order valence-electron chi connectivity index (χ4n) is 3.62. The van der Waals surface area contributed by atoms with E-state index in [0.29, 0.717) is 37.3 Å². The number of hydrogen-bond acceptors (Lipinski definition) is 5. The highest BCUT2D eigenvalue weighted by atomic mass is 16.3. The van der Waals surface area contributed by atoms with E-state index in [0.717, 1.165) is 11.0 Å². The topological polar surface area (TPSA) is 120 Å². The average molecular weight is 382 g/mol. The van der Waals surface area contributed by atoms with Crippen molar-refractivity contribution in [2.75, 3.05) is 0 Å². The van der Waals surface area contributed by atoms with Gasteiger partial charge in [0, 0.05) is 17.5 Å². The zero-order valence-corrected chi connectivity index (χ0v) is 15.2. The first-order valence-corrected chi connectivity index (χ1v) is 9.33. The van der Waals surface area contributed by atoms with Gasteiger partial charge < -0.3 is 20.2 Å². The van der Waals surface area contributed by atoms with Gasteiger partial charge in [0.25, 0.3) is 5.91 Å². The predicted octanol–water partition coefficient (Wildman–Crippen LogP) is 1.73. The molecule has 2 aromatic heterocycles. The van der Waals surface area contributed by atoms with Crippen LogP contribution in [0.2, 0.25) is 0 Å². The van der Waals surface area contributed by atoms with Gasteiger partial charge in [-0.25, -0.2) is 0 Å². The molecule has 146 valence electrons. The Kier molecular flexibility index (Phi) is 5.12. The number of H-pyrrole nitrogens is 1. The highest BCUT2D eigenvalue weighted by molar-refractivity contribution is 5.92. The number of carbonyl (C=O) groups is 2. The second kappa shape index (κ2) is 7.85. The van der Waals surface area contributed by atoms with Gasteiger partial charge in [0.05, 0.1) is 18.7 Å². The van der Waals surface area contributed by atoms with Crippen LogP contribution in [0.4, 0.5) is 0 Å². The van der Waals surface area contributed by atoms with E-state index in [1.807, 2.05) is 30.3 Å². The first-order chi connectivity index (χ1) is 13.6. The molecule has 2 heterocycles. The molecule has 4 rings (SSSR count). The van der Waals surface area contributed by atoms with Crippen LogP contribution in [0, 0.1) is 5.92 Å². The summed E-state index contributed by atoms with van der Waals surface area (Å²) in [6.45, 7) is 0.303. The molecule has 1 aliphatic rings. The minimum Gasteiger partial charge on any atom is -0.459 e. The number of fused-ring (bicyclic) bond motifs is 1. The molecule has 4 N–H and O–H groups in total. The lowest BCUT2D eigenvalue weighted by Crippen LogP contribution is -2.49. The van der Waals surface area contributed by atoms with E-state index in [9.17, 15) is 14.7 Å². The van der Waals surface area contributed by atoms with Crippen LogP contribution in [-0.2, 0) is 11.3 Å². The number of hydrogen-bond donors (Lipinski definition) is 4. The van der Waals surface area contributed by atoms with E-state index >= 15 is 0 Å². The molecule has 3 aromatic rings. The molecule has 8 nitrogen and oxygen atoms in total. The SMILES string of the molecule is O=C(N[C@@H]1C[C@@H](C(=O)NCc2cc3ccccc3o2)CC[C@H]1O)c1ccn[nH]1. The Morgan fingerprint density at radius 3 is 2.89 bits per heavy atom. The summed E-state index contributed by atoms with van der Waals surface area (Å²) >= 11 is 0. The number of para-hydroxylation sites is 1. The van der Waals surface area contributed by atoms with E-state index in [1.165, 1.54) is 6.20 Å². The van der Waals surface area contributed by atoms with Gasteiger partial charge in [-0.2, -0.15) is 5.10 Å². The first kappa shape index (κ1) is 18.2. The van der Waals surface area contributed by atoms with Crippen molar-refractivity contribution in [3.8, 4) is 0 Å². The molecular weight excluding hydrogens is 360 g/mol. The van der Waals surface area contributed by atoms with Crippen molar-refractivity contribution in [2.24, 2.45) is 5.92 Å². The lowest BCUT2D eigenvalue weighted by molar-refractivity contribution is -0.127. The molecule has 0 bridgehead atoms. The van der Waals surface area contributed by atoms with Crippen LogP contribution in [-0.4, -0.2) is 39.3 Å². The summed E-state index contributed by atoms with van der Waals surface area (Å²) in [7, 11) is 0. The maximum absolute atomic E-state index is 12.6. The van der Waals surface area contributed by atoms with Crippen molar-refractivity contribution in [3.05, 3.63) is 54.0 Å². The lowest BCUT2D eigenvalue weighted by atomic mass is 9.83. The van der Waals surface area contributed by atoms with Crippen LogP contribution < -0.4 is 10.6 Å². The predicted molar refractivity (Wildman–Crippen MR) is 101 cm³/mol. The van der Waals surface area contributed by atoms with Crippen LogP contribution in [0.1, 0.15) is 35.5 Å². The number of carbonyl (C=O) groups excluding carboxylic acids is 2. The average Bonchev–Trinajstić information content (AvgIpc) is 3.37. The summed E-state index contributed by atoms with van der Waals surface area (Å²) in [4.78, 5) is 24.8. The quantitative estimate of drug-likeness (QED) is 0.536. The molecule has 1 saturated carbocycles. The highest BCUT2D eigenvalue weighted by Crippen LogP contribution is 2.26. The normalized spacial score (nSPS) is 22.1. The second-order valence-electron chi connectivity index (χ2n) is 7.10. The Hall–Kier alpha value is -3.13. The molecule has 8 heteroatoms. The standard InChI is InChI=1S/C20H22N4O4/c25-17-6-5-13(10-16(17)23-20(27)15-7-8-22-24-15)19(26)21-11-14-9-12-3-1-2-4-18(12)28-14/h1-4,7-9,13,16-17,25H,5-6,10-11H2,(H,21,26)(H,22,24)(H,23,27)/t13-,16+,17+/m0/s1. The summed E-state index contributed by atoms with van der Waals surface area (Å²) in [5.41, 5.74) is 1.11. The zero-order chi connectivity index (χ0) is 19.5. The van der Waals surface area contributed by atoms with Gasteiger partial charge in [-0.05, 0) is 37.5 Å². The summed E-state index contributed by atoms with van der Waals surface area (Å²) < 4.78 is 5.72. The van der Waals surface area contributed by atoms with Gasteiger partial charge in [0.1, 0.15) is 17.0 Å². The molecule has 2 amide bonds. The number of rotatable bonds is 5. The third-order valence-electron chi connectivity index (χ3n) is 5.16. The van der Waals surface area contributed by atoms with Crippen molar-refractivity contribution in [1.82, 2.24) is 20.8 Å². The molecule has 0 spiro atoms. The van der Waals surface area contributed by atoms with Gasteiger partial charge in [-0.15, -0.1) is 0 Å². The molecule has 1 aliphatic carbocycles. The number of aromatic nitrogens is 2. The number of aliphatic hydroxyl groups excluding tert-OH is 1. The van der Waals surface area contributed by atoms with Crippen LogP contribution in [0.5, 0.6) is 0 Å². The second-order valence-corrected chi connectivity index (χ2v) is 7.10. The Balaban J connectivity index is 1.34. The largest absolute Gasteiger partial charge is 0.459 e. The highest BCUT2D eigenvalue weighted by Gasteiger charge is 2.34. The summed E-state index contributed by atoms with van der Waals surface area (Å²) in [6.07, 6.45) is 2.22. The zero-order valence-electron chi connectivity index (χ0n) is 15.2. The number of aliphatic hydroxyl groups is 1. The minimum atomic E-state index is -0.675. The van der Waals surface area contributed by atoms with Crippen LogP contribution >= 0.6 is 0 Å². The Bertz CT molecular complexity index is 933. The maximum atomic E-state index is 12.6. The van der Waals surface area contributed by atoms with E-state index < -0.39 is 12.1 Å². The molecular formula is C20H22N4O4. The Morgan fingerprint density at radius 2 is 2.11 bits per heavy atom. The van der Waals surface area contributed by atoms with Gasteiger partial charge in [-0.1, -0.05) is 18.2 Å². The van der Waals surface area contributed by atoms with Crippen molar-refractivity contribution >= 4 is 22.8 Å². The number of furan rings is 1. The molecule has 28 heavy (non-hydrogen) atoms. The lowest BCUT2D eigenvalue weighted by Gasteiger charge is -2.33. The summed E-state index contributed by atoms with van der Waals surface area (Å²) in [5, 5.41) is 23.2. The van der Waals surface area contributed by atoms with Gasteiger partial charge in [-0.3, -0.25) is 14.7 Å². The molecule has 1 aromatic carbocycles.